The summed E-state index contributed by atoms with van der Waals surface area (Å²) in [6.07, 6.45) is 4.32. The number of methoxy groups -OCH3 is 1. The van der Waals surface area contributed by atoms with Crippen molar-refractivity contribution >= 4 is 16.8 Å². The largest absolute Gasteiger partial charge is 0.385 e. The van der Waals surface area contributed by atoms with E-state index in [-0.39, 0.29) is 11.9 Å². The van der Waals surface area contributed by atoms with E-state index in [2.05, 4.69) is 10.1 Å². The number of rotatable bonds is 4. The Morgan fingerprint density at radius 1 is 1.24 bits per heavy atom. The smallest absolute Gasteiger partial charge is 0.255 e. The fraction of sp³-hybridized carbons (Fsp3) is 0.316. The molecule has 1 amide bonds. The van der Waals surface area contributed by atoms with Crippen molar-refractivity contribution in [2.45, 2.75) is 19.0 Å². The average Bonchev–Trinajstić information content (AvgIpc) is 3.13. The number of aromatic nitrogens is 3. The van der Waals surface area contributed by atoms with Gasteiger partial charge in [-0.3, -0.25) is 14.5 Å². The zero-order chi connectivity index (χ0) is 17.2. The molecule has 0 saturated carbocycles. The minimum atomic E-state index is 0.0356. The van der Waals surface area contributed by atoms with Crippen LogP contribution in [0.25, 0.3) is 10.9 Å². The van der Waals surface area contributed by atoms with Crippen LogP contribution in [0.4, 0.5) is 0 Å². The number of ether oxygens (including phenoxy) is 1. The first-order chi connectivity index (χ1) is 12.3. The Labute approximate surface area is 146 Å². The summed E-state index contributed by atoms with van der Waals surface area (Å²) < 4.78 is 7.24. The SMILES string of the molecule is COCC[C@@H]1CN(C(=O)c2ccnc3ccccc23)Cc2ccnn21. The predicted octanol–water partition coefficient (Wildman–Crippen LogP) is 2.66. The molecule has 6 heteroatoms. The van der Waals surface area contributed by atoms with Gasteiger partial charge in [-0.1, -0.05) is 18.2 Å². The summed E-state index contributed by atoms with van der Waals surface area (Å²) in [4.78, 5) is 19.5. The fourth-order valence-electron chi connectivity index (χ4n) is 3.46. The molecule has 128 valence electrons. The van der Waals surface area contributed by atoms with Crippen molar-refractivity contribution < 1.29 is 9.53 Å². The van der Waals surface area contributed by atoms with E-state index in [0.29, 0.717) is 25.3 Å². The van der Waals surface area contributed by atoms with E-state index in [1.54, 1.807) is 25.6 Å². The maximum atomic E-state index is 13.2. The van der Waals surface area contributed by atoms with Gasteiger partial charge >= 0.3 is 0 Å². The topological polar surface area (TPSA) is 60.2 Å². The number of hydrogen-bond acceptors (Lipinski definition) is 4. The van der Waals surface area contributed by atoms with Crippen LogP contribution in [-0.2, 0) is 11.3 Å². The molecule has 0 fully saturated rings. The monoisotopic (exact) mass is 336 g/mol. The second-order valence-electron chi connectivity index (χ2n) is 6.26. The number of benzene rings is 1. The molecule has 0 unspecified atom stereocenters. The molecule has 0 spiro atoms. The summed E-state index contributed by atoms with van der Waals surface area (Å²) in [7, 11) is 1.69. The molecule has 0 saturated heterocycles. The number of hydrogen-bond donors (Lipinski definition) is 0. The van der Waals surface area contributed by atoms with Crippen molar-refractivity contribution in [3.63, 3.8) is 0 Å². The van der Waals surface area contributed by atoms with Gasteiger partial charge in [0.15, 0.2) is 0 Å². The Morgan fingerprint density at radius 3 is 3.00 bits per heavy atom. The van der Waals surface area contributed by atoms with Gasteiger partial charge in [-0.05, 0) is 24.6 Å². The maximum Gasteiger partial charge on any atom is 0.255 e. The van der Waals surface area contributed by atoms with Crippen LogP contribution in [0.5, 0.6) is 0 Å². The van der Waals surface area contributed by atoms with Gasteiger partial charge in [0.05, 0.1) is 29.4 Å². The molecule has 1 atom stereocenters. The molecule has 6 nitrogen and oxygen atoms in total. The highest BCUT2D eigenvalue weighted by Crippen LogP contribution is 2.26. The van der Waals surface area contributed by atoms with Crippen molar-refractivity contribution in [1.82, 2.24) is 19.7 Å². The van der Waals surface area contributed by atoms with Gasteiger partial charge in [-0.2, -0.15) is 5.10 Å². The molecule has 0 N–H and O–H groups in total. The molecule has 0 bridgehead atoms. The highest BCUT2D eigenvalue weighted by molar-refractivity contribution is 6.05. The predicted molar refractivity (Wildman–Crippen MR) is 94.2 cm³/mol. The van der Waals surface area contributed by atoms with Crippen LogP contribution in [-0.4, -0.2) is 45.8 Å². The molecule has 4 rings (SSSR count). The van der Waals surface area contributed by atoms with Gasteiger partial charge in [0.2, 0.25) is 0 Å². The number of nitrogens with zero attached hydrogens (tertiary/aromatic N) is 4. The Hall–Kier alpha value is -2.73. The molecular formula is C19H20N4O2. The lowest BCUT2D eigenvalue weighted by Crippen LogP contribution is -2.41. The van der Waals surface area contributed by atoms with Crippen LogP contribution in [0.1, 0.15) is 28.5 Å². The second-order valence-corrected chi connectivity index (χ2v) is 6.26. The third kappa shape index (κ3) is 2.89. The quantitative estimate of drug-likeness (QED) is 0.735. The molecule has 3 heterocycles. The zero-order valence-electron chi connectivity index (χ0n) is 14.1. The van der Waals surface area contributed by atoms with Crippen LogP contribution in [0.15, 0.2) is 48.8 Å². The minimum absolute atomic E-state index is 0.0356. The molecular weight excluding hydrogens is 316 g/mol. The van der Waals surface area contributed by atoms with E-state index in [0.717, 1.165) is 23.0 Å². The molecule has 0 radical (unpaired) electrons. The molecule has 1 aliphatic heterocycles. The lowest BCUT2D eigenvalue weighted by Gasteiger charge is -2.34. The van der Waals surface area contributed by atoms with Crippen LogP contribution in [0.3, 0.4) is 0 Å². The van der Waals surface area contributed by atoms with Gasteiger partial charge in [0.1, 0.15) is 0 Å². The first kappa shape index (κ1) is 15.8. The van der Waals surface area contributed by atoms with E-state index < -0.39 is 0 Å². The van der Waals surface area contributed by atoms with Gasteiger partial charge in [-0.25, -0.2) is 0 Å². The van der Waals surface area contributed by atoms with E-state index in [1.807, 2.05) is 39.9 Å². The highest BCUT2D eigenvalue weighted by Gasteiger charge is 2.29. The van der Waals surface area contributed by atoms with Crippen LogP contribution in [0.2, 0.25) is 0 Å². The molecule has 25 heavy (non-hydrogen) atoms. The van der Waals surface area contributed by atoms with E-state index in [4.69, 9.17) is 4.74 Å². The summed E-state index contributed by atoms with van der Waals surface area (Å²) >= 11 is 0. The molecule has 2 aromatic heterocycles. The number of amides is 1. The Morgan fingerprint density at radius 2 is 2.12 bits per heavy atom. The van der Waals surface area contributed by atoms with Gasteiger partial charge in [0.25, 0.3) is 5.91 Å². The lowest BCUT2D eigenvalue weighted by molar-refractivity contribution is 0.0643. The van der Waals surface area contributed by atoms with Crippen molar-refractivity contribution in [3.05, 3.63) is 60.0 Å². The number of pyridine rings is 1. The van der Waals surface area contributed by atoms with Crippen molar-refractivity contribution in [1.29, 1.82) is 0 Å². The Balaban J connectivity index is 1.66. The summed E-state index contributed by atoms with van der Waals surface area (Å²) in [5.41, 5.74) is 2.59. The van der Waals surface area contributed by atoms with Crippen molar-refractivity contribution in [2.75, 3.05) is 20.3 Å². The van der Waals surface area contributed by atoms with Crippen LogP contribution in [0, 0.1) is 0 Å². The number of para-hydroxylation sites is 1. The third-order valence-electron chi connectivity index (χ3n) is 4.70. The van der Waals surface area contributed by atoms with Crippen molar-refractivity contribution in [2.24, 2.45) is 0 Å². The third-order valence-corrected chi connectivity index (χ3v) is 4.70. The summed E-state index contributed by atoms with van der Waals surface area (Å²) in [6, 6.07) is 11.7. The Bertz CT molecular complexity index is 900. The second kappa shape index (κ2) is 6.64. The number of carbonyl (C=O) groups is 1. The van der Waals surface area contributed by atoms with Gasteiger partial charge in [-0.15, -0.1) is 0 Å². The fourth-order valence-corrected chi connectivity index (χ4v) is 3.46. The van der Waals surface area contributed by atoms with E-state index in [1.165, 1.54) is 0 Å². The normalized spacial score (nSPS) is 16.8. The highest BCUT2D eigenvalue weighted by atomic mass is 16.5. The van der Waals surface area contributed by atoms with E-state index >= 15 is 0 Å². The number of carbonyl (C=O) groups excluding carboxylic acids is 1. The van der Waals surface area contributed by atoms with Crippen molar-refractivity contribution in [3.8, 4) is 0 Å². The minimum Gasteiger partial charge on any atom is -0.385 e. The summed E-state index contributed by atoms with van der Waals surface area (Å²) in [5, 5.41) is 5.31. The summed E-state index contributed by atoms with van der Waals surface area (Å²) in [5.74, 6) is 0.0356. The molecule has 1 aromatic carbocycles. The van der Waals surface area contributed by atoms with E-state index in [9.17, 15) is 4.79 Å². The Kier molecular flexibility index (Phi) is 4.19. The average molecular weight is 336 g/mol. The summed E-state index contributed by atoms with van der Waals surface area (Å²) in [6.45, 7) is 1.84. The number of fused-ring (bicyclic) bond motifs is 2. The maximum absolute atomic E-state index is 13.2. The first-order valence-electron chi connectivity index (χ1n) is 8.42. The lowest BCUT2D eigenvalue weighted by atomic mass is 10.1. The van der Waals surface area contributed by atoms with Gasteiger partial charge in [0, 0.05) is 38.0 Å². The molecule has 0 aliphatic carbocycles. The van der Waals surface area contributed by atoms with Crippen LogP contribution < -0.4 is 0 Å². The zero-order valence-corrected chi connectivity index (χ0v) is 14.1. The molecule has 3 aromatic rings. The van der Waals surface area contributed by atoms with Gasteiger partial charge < -0.3 is 9.64 Å². The van der Waals surface area contributed by atoms with Crippen LogP contribution >= 0.6 is 0 Å². The first-order valence-corrected chi connectivity index (χ1v) is 8.42. The standard InChI is InChI=1S/C19H20N4O2/c1-25-11-8-15-13-22(12-14-6-10-21-23(14)15)19(24)17-7-9-20-18-5-3-2-4-16(17)18/h2-7,9-10,15H,8,11-13H2,1H3/t15-/m1/s1. The molecule has 1 aliphatic rings.